The number of benzene rings is 1. The normalized spacial score (nSPS) is 9.13. The van der Waals surface area contributed by atoms with Crippen molar-refractivity contribution in [2.45, 2.75) is 6.42 Å². The summed E-state index contributed by atoms with van der Waals surface area (Å²) in [5, 5.41) is 8.60. The van der Waals surface area contributed by atoms with E-state index >= 15 is 0 Å². The van der Waals surface area contributed by atoms with E-state index in [1.807, 2.05) is 0 Å². The summed E-state index contributed by atoms with van der Waals surface area (Å²) in [4.78, 5) is 10.5. The van der Waals surface area contributed by atoms with Crippen LogP contribution < -0.4 is 4.74 Å². The van der Waals surface area contributed by atoms with Crippen LogP contribution in [-0.2, 0) is 0 Å². The Morgan fingerprint density at radius 1 is 1.33 bits per heavy atom. The number of carbonyl (C=O) groups is 1. The Labute approximate surface area is 99.4 Å². The van der Waals surface area contributed by atoms with E-state index < -0.39 is 12.6 Å². The predicted octanol–water partition coefficient (Wildman–Crippen LogP) is 1.47. The monoisotopic (exact) mass is 206 g/mol. The van der Waals surface area contributed by atoms with Crippen LogP contribution in [0, 0.1) is 0 Å². The van der Waals surface area contributed by atoms with Crippen molar-refractivity contribution < 1.29 is 19.0 Å². The van der Waals surface area contributed by atoms with Gasteiger partial charge in [-0.15, -0.1) is 0 Å². The molecule has 0 fully saturated rings. The van der Waals surface area contributed by atoms with Gasteiger partial charge < -0.3 is 9.84 Å². The third-order valence-corrected chi connectivity index (χ3v) is 1.65. The third kappa shape index (κ3) is 4.87. The summed E-state index contributed by atoms with van der Waals surface area (Å²) in [6.45, 7) is -0.101. The fourth-order valence-electron chi connectivity index (χ4n) is 0.938. The molecule has 0 aromatic heterocycles. The molecule has 0 aliphatic carbocycles. The predicted molar refractivity (Wildman–Crippen MR) is 56.6 cm³/mol. The third-order valence-electron chi connectivity index (χ3n) is 1.65. The van der Waals surface area contributed by atoms with Crippen LogP contribution >= 0.6 is 0 Å². The topological polar surface area (TPSA) is 46.5 Å². The first-order chi connectivity index (χ1) is 6.74. The van der Waals surface area contributed by atoms with Crippen molar-refractivity contribution in [1.82, 2.24) is 0 Å². The summed E-state index contributed by atoms with van der Waals surface area (Å²) in [5.74, 6) is -0.413. The van der Waals surface area contributed by atoms with Crippen molar-refractivity contribution in [3.63, 3.8) is 0 Å². The molecule has 0 atom stereocenters. The van der Waals surface area contributed by atoms with E-state index in [2.05, 4.69) is 0 Å². The molecular formula is C10H12FLiO3. The molecule has 0 saturated carbocycles. The molecule has 1 rings (SSSR count). The number of rotatable bonds is 5. The van der Waals surface area contributed by atoms with E-state index in [1.54, 1.807) is 12.1 Å². The Hall–Kier alpha value is -0.983. The van der Waals surface area contributed by atoms with Gasteiger partial charge in [0, 0.05) is 6.42 Å². The van der Waals surface area contributed by atoms with Gasteiger partial charge in [0.2, 0.25) is 0 Å². The van der Waals surface area contributed by atoms with Crippen molar-refractivity contribution in [3.05, 3.63) is 29.8 Å². The van der Waals surface area contributed by atoms with Gasteiger partial charge in [-0.25, -0.2) is 4.79 Å². The second kappa shape index (κ2) is 7.33. The number of carboxylic acid groups (broad SMARTS) is 1. The number of halogens is 1. The first kappa shape index (κ1) is 14.0. The van der Waals surface area contributed by atoms with Gasteiger partial charge in [-0.05, 0) is 24.3 Å². The molecule has 0 saturated heterocycles. The van der Waals surface area contributed by atoms with Gasteiger partial charge in [-0.1, -0.05) is 0 Å². The Balaban J connectivity index is 0.00000196. The van der Waals surface area contributed by atoms with Gasteiger partial charge in [-0.3, -0.25) is 4.39 Å². The maximum absolute atomic E-state index is 11.7. The minimum absolute atomic E-state index is 0. The molecule has 0 bridgehead atoms. The van der Waals surface area contributed by atoms with E-state index in [0.717, 1.165) is 0 Å². The first-order valence-electron chi connectivity index (χ1n) is 4.26. The van der Waals surface area contributed by atoms with Gasteiger partial charge in [0.15, 0.2) is 0 Å². The van der Waals surface area contributed by atoms with Crippen LogP contribution in [-0.4, -0.2) is 43.2 Å². The minimum atomic E-state index is -0.972. The molecule has 0 aliphatic heterocycles. The summed E-state index contributed by atoms with van der Waals surface area (Å²) < 4.78 is 16.9. The van der Waals surface area contributed by atoms with Crippen LogP contribution in [0.25, 0.3) is 0 Å². The summed E-state index contributed by atoms with van der Waals surface area (Å²) in [7, 11) is 0. The molecule has 0 spiro atoms. The van der Waals surface area contributed by atoms with Crippen LogP contribution in [0.5, 0.6) is 5.75 Å². The van der Waals surface area contributed by atoms with Gasteiger partial charge in [0.25, 0.3) is 0 Å². The van der Waals surface area contributed by atoms with E-state index in [9.17, 15) is 9.18 Å². The molecule has 0 amide bonds. The fraction of sp³-hybridized carbons (Fsp3) is 0.300. The number of aromatic carboxylic acids is 1. The average Bonchev–Trinajstić information content (AvgIpc) is 2.19. The van der Waals surface area contributed by atoms with E-state index in [-0.39, 0.29) is 24.4 Å². The molecule has 78 valence electrons. The molecule has 0 heterocycles. The summed E-state index contributed by atoms with van der Waals surface area (Å²) in [6.07, 6.45) is 0.348. The zero-order chi connectivity index (χ0) is 10.4. The fourth-order valence-corrected chi connectivity index (χ4v) is 0.938. The standard InChI is InChI=1S/C10H11FO3.Li.H/c11-6-1-7-14-9-4-2-8(3-5-9)10(12)13;;/h2-5H,1,6-7H2,(H,12,13);;. The SMILES string of the molecule is O=C(O)c1ccc(OCCCF)cc1.[LiH]. The zero-order valence-corrected chi connectivity index (χ0v) is 7.57. The number of hydrogen-bond acceptors (Lipinski definition) is 2. The van der Waals surface area contributed by atoms with Crippen LogP contribution in [0.3, 0.4) is 0 Å². The van der Waals surface area contributed by atoms with Crippen molar-refractivity contribution in [2.24, 2.45) is 0 Å². The molecule has 0 radical (unpaired) electrons. The van der Waals surface area contributed by atoms with Gasteiger partial charge in [0.1, 0.15) is 5.75 Å². The molecular weight excluding hydrogens is 194 g/mol. The number of alkyl halides is 1. The summed E-state index contributed by atoms with van der Waals surface area (Å²) >= 11 is 0. The van der Waals surface area contributed by atoms with Crippen LogP contribution in [0.1, 0.15) is 16.8 Å². The van der Waals surface area contributed by atoms with Gasteiger partial charge >= 0.3 is 24.8 Å². The Morgan fingerprint density at radius 2 is 1.93 bits per heavy atom. The van der Waals surface area contributed by atoms with E-state index in [0.29, 0.717) is 18.8 Å². The van der Waals surface area contributed by atoms with Gasteiger partial charge in [-0.2, -0.15) is 0 Å². The molecule has 3 nitrogen and oxygen atoms in total. The molecule has 1 aromatic rings. The van der Waals surface area contributed by atoms with Crippen LogP contribution in [0.4, 0.5) is 4.39 Å². The van der Waals surface area contributed by atoms with Crippen LogP contribution in [0.2, 0.25) is 0 Å². The van der Waals surface area contributed by atoms with Crippen molar-refractivity contribution in [1.29, 1.82) is 0 Å². The molecule has 0 aliphatic rings. The summed E-state index contributed by atoms with van der Waals surface area (Å²) in [6, 6.07) is 6.02. The first-order valence-corrected chi connectivity index (χ1v) is 4.26. The van der Waals surface area contributed by atoms with Gasteiger partial charge in [0.05, 0.1) is 18.8 Å². The quantitative estimate of drug-likeness (QED) is 0.586. The van der Waals surface area contributed by atoms with E-state index in [1.165, 1.54) is 12.1 Å². The number of carboxylic acids is 1. The number of ether oxygens (including phenoxy) is 1. The Kier molecular flexibility index (Phi) is 6.85. The molecule has 0 unspecified atom stereocenters. The Morgan fingerprint density at radius 3 is 2.40 bits per heavy atom. The zero-order valence-electron chi connectivity index (χ0n) is 7.57. The number of hydrogen-bond donors (Lipinski definition) is 1. The van der Waals surface area contributed by atoms with E-state index in [4.69, 9.17) is 9.84 Å². The maximum atomic E-state index is 11.7. The molecule has 5 heteroatoms. The molecule has 1 aromatic carbocycles. The molecule has 15 heavy (non-hydrogen) atoms. The molecule has 1 N–H and O–H groups in total. The van der Waals surface area contributed by atoms with Crippen molar-refractivity contribution in [3.8, 4) is 5.75 Å². The summed E-state index contributed by atoms with van der Waals surface area (Å²) in [5.41, 5.74) is 0.211. The van der Waals surface area contributed by atoms with Crippen molar-refractivity contribution >= 4 is 24.8 Å². The second-order valence-corrected chi connectivity index (χ2v) is 2.72. The second-order valence-electron chi connectivity index (χ2n) is 2.72. The Bertz CT molecular complexity index is 300. The average molecular weight is 206 g/mol. The van der Waals surface area contributed by atoms with Crippen molar-refractivity contribution in [2.75, 3.05) is 13.3 Å². The van der Waals surface area contributed by atoms with Crippen LogP contribution in [0.15, 0.2) is 24.3 Å².